The molecule has 0 saturated heterocycles. The van der Waals surface area contributed by atoms with Crippen molar-refractivity contribution in [3.63, 3.8) is 0 Å². The maximum atomic E-state index is 10.6. The van der Waals surface area contributed by atoms with E-state index in [1.807, 2.05) is 0 Å². The monoisotopic (exact) mass is 170 g/mol. The standard InChI is InChI=1S/C2HF3O2.Fe/c3-2(4,5)1(6)7;/h(H,6,7);. The van der Waals surface area contributed by atoms with Gasteiger partial charge < -0.3 is 5.11 Å². The fourth-order valence-corrected chi connectivity index (χ4v) is 0. The predicted octanol–water partition coefficient (Wildman–Crippen LogP) is 0.631. The summed E-state index contributed by atoms with van der Waals surface area (Å²) in [5.74, 6) is -2.76. The van der Waals surface area contributed by atoms with Crippen molar-refractivity contribution in [3.05, 3.63) is 0 Å². The van der Waals surface area contributed by atoms with Gasteiger partial charge in [-0.05, 0) is 0 Å². The first-order chi connectivity index (χ1) is 2.94. The second kappa shape index (κ2) is 2.94. The quantitative estimate of drug-likeness (QED) is 0.541. The van der Waals surface area contributed by atoms with Crippen molar-refractivity contribution in [2.24, 2.45) is 0 Å². The van der Waals surface area contributed by atoms with Gasteiger partial charge >= 0.3 is 12.1 Å². The van der Waals surface area contributed by atoms with Gasteiger partial charge in [0.15, 0.2) is 0 Å². The van der Waals surface area contributed by atoms with Gasteiger partial charge in [-0.1, -0.05) is 0 Å². The number of hydrogen-bond donors (Lipinski definition) is 1. The molecule has 0 rings (SSSR count). The Labute approximate surface area is 53.2 Å². The summed E-state index contributed by atoms with van der Waals surface area (Å²) in [7, 11) is 0. The molecule has 0 saturated carbocycles. The first-order valence-electron chi connectivity index (χ1n) is 1.24. The van der Waals surface area contributed by atoms with Gasteiger partial charge in [-0.2, -0.15) is 13.2 Å². The molecule has 1 N–H and O–H groups in total. The molecule has 0 fully saturated rings. The fraction of sp³-hybridized carbons (Fsp3) is 0.500. The minimum Gasteiger partial charge on any atom is -0.475 e. The van der Waals surface area contributed by atoms with E-state index in [4.69, 9.17) is 9.90 Å². The molecular weight excluding hydrogens is 169 g/mol. The maximum absolute atomic E-state index is 10.6. The zero-order valence-corrected chi connectivity index (χ0v) is 4.45. The van der Waals surface area contributed by atoms with Crippen molar-refractivity contribution in [2.45, 2.75) is 6.18 Å². The molecule has 0 spiro atoms. The average molecular weight is 170 g/mol. The van der Waals surface area contributed by atoms with E-state index < -0.39 is 12.1 Å². The Balaban J connectivity index is 0. The van der Waals surface area contributed by atoms with E-state index in [0.29, 0.717) is 0 Å². The Hall–Kier alpha value is -0.221. The second-order valence-corrected chi connectivity index (χ2v) is 0.803. The van der Waals surface area contributed by atoms with E-state index in [1.165, 1.54) is 0 Å². The summed E-state index contributed by atoms with van der Waals surface area (Å²) < 4.78 is 31.7. The summed E-state index contributed by atoms with van der Waals surface area (Å²) in [4.78, 5) is 8.90. The molecule has 0 aromatic rings. The molecule has 0 heterocycles. The van der Waals surface area contributed by atoms with Gasteiger partial charge in [0, 0.05) is 17.1 Å². The van der Waals surface area contributed by atoms with Crippen molar-refractivity contribution in [1.29, 1.82) is 0 Å². The van der Waals surface area contributed by atoms with Crippen molar-refractivity contribution in [3.8, 4) is 0 Å². The normalized spacial score (nSPS) is 9.88. The Morgan fingerprint density at radius 1 is 1.38 bits per heavy atom. The van der Waals surface area contributed by atoms with Crippen LogP contribution in [0.4, 0.5) is 13.2 Å². The van der Waals surface area contributed by atoms with Gasteiger partial charge in [0.05, 0.1) is 0 Å². The smallest absolute Gasteiger partial charge is 0.475 e. The van der Waals surface area contributed by atoms with E-state index >= 15 is 0 Å². The van der Waals surface area contributed by atoms with Crippen molar-refractivity contribution in [1.82, 2.24) is 0 Å². The third-order valence-corrected chi connectivity index (χ3v) is 0.243. The SMILES string of the molecule is O=C(O)C(F)(F)F.[Fe]. The first-order valence-corrected chi connectivity index (χ1v) is 1.24. The van der Waals surface area contributed by atoms with E-state index in [2.05, 4.69) is 0 Å². The first kappa shape index (κ1) is 10.7. The molecule has 0 radical (unpaired) electrons. The Bertz CT molecular complexity index is 87.8. The summed E-state index contributed by atoms with van der Waals surface area (Å²) in [6.45, 7) is 0. The molecule has 8 heavy (non-hydrogen) atoms. The summed E-state index contributed by atoms with van der Waals surface area (Å²) in [6.07, 6.45) is -5.08. The zero-order valence-electron chi connectivity index (χ0n) is 3.34. The number of carbonyl (C=O) groups is 1. The summed E-state index contributed by atoms with van der Waals surface area (Å²) in [5.41, 5.74) is 0. The molecule has 0 bridgehead atoms. The molecular formula is C2HF3FeO2. The number of carboxylic acids is 1. The average Bonchev–Trinajstić information content (AvgIpc) is 1.31. The Morgan fingerprint density at radius 2 is 1.50 bits per heavy atom. The zero-order chi connectivity index (χ0) is 6.08. The van der Waals surface area contributed by atoms with Crippen LogP contribution in [0.25, 0.3) is 0 Å². The largest absolute Gasteiger partial charge is 0.490 e. The molecule has 0 amide bonds. The van der Waals surface area contributed by atoms with Gasteiger partial charge in [-0.25, -0.2) is 4.79 Å². The number of halogens is 3. The van der Waals surface area contributed by atoms with E-state index in [0.717, 1.165) is 0 Å². The van der Waals surface area contributed by atoms with Crippen LogP contribution in [-0.4, -0.2) is 17.3 Å². The number of rotatable bonds is 0. The van der Waals surface area contributed by atoms with Gasteiger partial charge in [0.25, 0.3) is 0 Å². The Kier molecular flexibility index (Phi) is 3.93. The topological polar surface area (TPSA) is 37.3 Å². The molecule has 0 aromatic heterocycles. The van der Waals surface area contributed by atoms with Crippen LogP contribution < -0.4 is 0 Å². The maximum Gasteiger partial charge on any atom is 0.490 e. The van der Waals surface area contributed by atoms with E-state index in [-0.39, 0.29) is 17.1 Å². The van der Waals surface area contributed by atoms with Crippen LogP contribution in [0, 0.1) is 0 Å². The van der Waals surface area contributed by atoms with Crippen molar-refractivity contribution >= 4 is 5.97 Å². The summed E-state index contributed by atoms with van der Waals surface area (Å²) in [6, 6.07) is 0. The minimum atomic E-state index is -5.08. The number of aliphatic carboxylic acids is 1. The van der Waals surface area contributed by atoms with Gasteiger partial charge in [-0.15, -0.1) is 0 Å². The fourth-order valence-electron chi connectivity index (χ4n) is 0. The van der Waals surface area contributed by atoms with Gasteiger partial charge in [0.2, 0.25) is 0 Å². The van der Waals surface area contributed by atoms with E-state index in [9.17, 15) is 13.2 Å². The molecule has 0 aliphatic rings. The molecule has 0 aliphatic heterocycles. The Morgan fingerprint density at radius 3 is 1.50 bits per heavy atom. The van der Waals surface area contributed by atoms with Crippen LogP contribution in [0.5, 0.6) is 0 Å². The van der Waals surface area contributed by atoms with E-state index in [1.54, 1.807) is 0 Å². The second-order valence-electron chi connectivity index (χ2n) is 0.803. The molecule has 50 valence electrons. The molecule has 6 heteroatoms. The van der Waals surface area contributed by atoms with Crippen LogP contribution >= 0.6 is 0 Å². The van der Waals surface area contributed by atoms with Gasteiger partial charge in [-0.3, -0.25) is 0 Å². The summed E-state index contributed by atoms with van der Waals surface area (Å²) >= 11 is 0. The van der Waals surface area contributed by atoms with Crippen molar-refractivity contribution in [2.75, 3.05) is 0 Å². The van der Waals surface area contributed by atoms with Gasteiger partial charge in [0.1, 0.15) is 0 Å². The van der Waals surface area contributed by atoms with Crippen LogP contribution in [0.3, 0.4) is 0 Å². The molecule has 0 aromatic carbocycles. The third-order valence-electron chi connectivity index (χ3n) is 0.243. The molecule has 0 aliphatic carbocycles. The summed E-state index contributed by atoms with van der Waals surface area (Å²) in [5, 5.41) is 7.12. The molecule has 2 nitrogen and oxygen atoms in total. The molecule has 0 atom stereocenters. The minimum absolute atomic E-state index is 0. The van der Waals surface area contributed by atoms with Crippen LogP contribution in [-0.2, 0) is 21.9 Å². The van der Waals surface area contributed by atoms with Crippen LogP contribution in [0.15, 0.2) is 0 Å². The van der Waals surface area contributed by atoms with Crippen LogP contribution in [0.2, 0.25) is 0 Å². The predicted molar refractivity (Wildman–Crippen MR) is 13.7 cm³/mol. The number of alkyl halides is 3. The number of carboxylic acid groups (broad SMARTS) is 1. The number of hydrogen-bond acceptors (Lipinski definition) is 1. The third kappa shape index (κ3) is 3.95. The van der Waals surface area contributed by atoms with Crippen LogP contribution in [0.1, 0.15) is 0 Å². The van der Waals surface area contributed by atoms with Crippen molar-refractivity contribution < 1.29 is 40.1 Å². The molecule has 0 unspecified atom stereocenters.